The zero-order valence-electron chi connectivity index (χ0n) is 12.0. The van der Waals surface area contributed by atoms with E-state index >= 15 is 0 Å². The van der Waals surface area contributed by atoms with Crippen LogP contribution in [-0.2, 0) is 19.6 Å². The fourth-order valence-corrected chi connectivity index (χ4v) is 3.74. The van der Waals surface area contributed by atoms with Gasteiger partial charge in [0.2, 0.25) is 15.9 Å². The molecule has 6 nitrogen and oxygen atoms in total. The van der Waals surface area contributed by atoms with Crippen molar-refractivity contribution >= 4 is 27.5 Å². The van der Waals surface area contributed by atoms with Crippen LogP contribution in [0, 0.1) is 0 Å². The van der Waals surface area contributed by atoms with Crippen molar-refractivity contribution < 1.29 is 17.9 Å². The van der Waals surface area contributed by atoms with E-state index in [4.69, 9.17) is 16.3 Å². The maximum atomic E-state index is 12.1. The van der Waals surface area contributed by atoms with E-state index in [2.05, 4.69) is 10.0 Å². The van der Waals surface area contributed by atoms with Crippen molar-refractivity contribution in [3.05, 3.63) is 29.3 Å². The summed E-state index contributed by atoms with van der Waals surface area (Å²) in [6, 6.07) is 6.26. The lowest BCUT2D eigenvalue weighted by Crippen LogP contribution is -2.36. The van der Waals surface area contributed by atoms with E-state index in [9.17, 15) is 13.2 Å². The predicted octanol–water partition coefficient (Wildman–Crippen LogP) is 1.30. The van der Waals surface area contributed by atoms with Crippen LogP contribution in [0.15, 0.2) is 29.2 Å². The van der Waals surface area contributed by atoms with Crippen molar-refractivity contribution in [3.63, 3.8) is 0 Å². The first-order chi connectivity index (χ1) is 10.5. The Balaban J connectivity index is 1.72. The van der Waals surface area contributed by atoms with Gasteiger partial charge in [0.1, 0.15) is 11.0 Å². The smallest absolute Gasteiger partial charge is 0.249 e. The molecule has 1 heterocycles. The van der Waals surface area contributed by atoms with Gasteiger partial charge >= 0.3 is 0 Å². The standard InChI is InChI=1S/C14H19ClN2O4S/c15-11-5-1-2-7-13(11)22(19,20)17-9-4-8-16-14(18)12-6-3-10-21-12/h1-2,5,7,12,17H,3-4,6,8-10H2,(H,16,18)/t12-/m0/s1. The number of carbonyl (C=O) groups excluding carboxylic acids is 1. The Hall–Kier alpha value is -1.15. The zero-order valence-corrected chi connectivity index (χ0v) is 13.6. The molecule has 22 heavy (non-hydrogen) atoms. The zero-order chi connectivity index (χ0) is 16.0. The molecule has 8 heteroatoms. The monoisotopic (exact) mass is 346 g/mol. The molecular weight excluding hydrogens is 328 g/mol. The predicted molar refractivity (Wildman–Crippen MR) is 83.2 cm³/mol. The summed E-state index contributed by atoms with van der Waals surface area (Å²) in [5.74, 6) is -0.133. The minimum absolute atomic E-state index is 0.0556. The molecule has 1 aliphatic heterocycles. The lowest BCUT2D eigenvalue weighted by molar-refractivity contribution is -0.130. The molecule has 2 rings (SSSR count). The van der Waals surface area contributed by atoms with E-state index in [1.807, 2.05) is 0 Å². The Kier molecular flexibility index (Phi) is 6.19. The second-order valence-corrected chi connectivity index (χ2v) is 7.12. The van der Waals surface area contributed by atoms with Crippen molar-refractivity contribution in [1.82, 2.24) is 10.0 Å². The van der Waals surface area contributed by atoms with Crippen LogP contribution >= 0.6 is 11.6 Å². The van der Waals surface area contributed by atoms with E-state index in [0.717, 1.165) is 12.8 Å². The Morgan fingerprint density at radius 3 is 2.77 bits per heavy atom. The molecule has 1 aromatic carbocycles. The number of hydrogen-bond donors (Lipinski definition) is 2. The highest BCUT2D eigenvalue weighted by Crippen LogP contribution is 2.19. The minimum atomic E-state index is -3.63. The number of amides is 1. The van der Waals surface area contributed by atoms with Crippen molar-refractivity contribution in [2.45, 2.75) is 30.3 Å². The highest BCUT2D eigenvalue weighted by atomic mass is 35.5. The molecule has 2 N–H and O–H groups in total. The van der Waals surface area contributed by atoms with Crippen LogP contribution in [0.25, 0.3) is 0 Å². The van der Waals surface area contributed by atoms with Crippen molar-refractivity contribution in [1.29, 1.82) is 0 Å². The summed E-state index contributed by atoms with van der Waals surface area (Å²) >= 11 is 5.87. The molecule has 0 radical (unpaired) electrons. The van der Waals surface area contributed by atoms with Gasteiger partial charge in [0.25, 0.3) is 0 Å². The molecule has 1 saturated heterocycles. The Labute approximate surface area is 135 Å². The van der Waals surface area contributed by atoms with E-state index in [0.29, 0.717) is 19.6 Å². The first-order valence-electron chi connectivity index (χ1n) is 7.14. The van der Waals surface area contributed by atoms with Gasteiger partial charge in [-0.25, -0.2) is 13.1 Å². The molecule has 1 amide bonds. The van der Waals surface area contributed by atoms with Crippen molar-refractivity contribution in [3.8, 4) is 0 Å². The molecule has 0 bridgehead atoms. The van der Waals surface area contributed by atoms with Crippen LogP contribution in [0.2, 0.25) is 5.02 Å². The number of rotatable bonds is 7. The van der Waals surface area contributed by atoms with Gasteiger partial charge in [-0.2, -0.15) is 0 Å². The summed E-state index contributed by atoms with van der Waals surface area (Å²) in [7, 11) is -3.63. The summed E-state index contributed by atoms with van der Waals surface area (Å²) < 4.78 is 31.8. The average molecular weight is 347 g/mol. The second kappa shape index (κ2) is 7.92. The molecule has 122 valence electrons. The van der Waals surface area contributed by atoms with E-state index in [1.165, 1.54) is 12.1 Å². The summed E-state index contributed by atoms with van der Waals surface area (Å²) in [6.07, 6.45) is 1.77. The maximum Gasteiger partial charge on any atom is 0.249 e. The molecular formula is C14H19ClN2O4S. The van der Waals surface area contributed by atoms with Gasteiger partial charge in [-0.3, -0.25) is 4.79 Å². The number of benzene rings is 1. The van der Waals surface area contributed by atoms with Gasteiger partial charge in [0.05, 0.1) is 5.02 Å². The molecule has 1 aliphatic rings. The van der Waals surface area contributed by atoms with Crippen LogP contribution in [0.4, 0.5) is 0 Å². The van der Waals surface area contributed by atoms with E-state index < -0.39 is 10.0 Å². The highest BCUT2D eigenvalue weighted by Gasteiger charge is 2.23. The fraction of sp³-hybridized carbons (Fsp3) is 0.500. The molecule has 0 saturated carbocycles. The molecule has 0 aliphatic carbocycles. The fourth-order valence-electron chi connectivity index (χ4n) is 2.15. The Morgan fingerprint density at radius 1 is 1.32 bits per heavy atom. The van der Waals surface area contributed by atoms with Crippen LogP contribution in [-0.4, -0.2) is 40.1 Å². The Bertz CT molecular complexity index is 615. The SMILES string of the molecule is O=C(NCCCNS(=O)(=O)c1ccccc1Cl)[C@@H]1CCCO1. The summed E-state index contributed by atoms with van der Waals surface area (Å²) in [5.41, 5.74) is 0. The average Bonchev–Trinajstić information content (AvgIpc) is 3.01. The third kappa shape index (κ3) is 4.67. The van der Waals surface area contributed by atoms with Gasteiger partial charge in [0.15, 0.2) is 0 Å². The number of hydrogen-bond acceptors (Lipinski definition) is 4. The van der Waals surface area contributed by atoms with Crippen LogP contribution in [0.3, 0.4) is 0 Å². The highest BCUT2D eigenvalue weighted by molar-refractivity contribution is 7.89. The molecule has 0 unspecified atom stereocenters. The van der Waals surface area contributed by atoms with Gasteiger partial charge in [-0.15, -0.1) is 0 Å². The van der Waals surface area contributed by atoms with Gasteiger partial charge in [-0.05, 0) is 31.4 Å². The number of halogens is 1. The summed E-state index contributed by atoms with van der Waals surface area (Å²) in [4.78, 5) is 11.7. The molecule has 1 atom stereocenters. The van der Waals surface area contributed by atoms with Crippen LogP contribution < -0.4 is 10.0 Å². The molecule has 0 aromatic heterocycles. The lowest BCUT2D eigenvalue weighted by atomic mass is 10.2. The first-order valence-corrected chi connectivity index (χ1v) is 9.00. The molecule has 1 fully saturated rings. The van der Waals surface area contributed by atoms with E-state index in [-0.39, 0.29) is 28.5 Å². The van der Waals surface area contributed by atoms with Crippen LogP contribution in [0.5, 0.6) is 0 Å². The van der Waals surface area contributed by atoms with Crippen molar-refractivity contribution in [2.24, 2.45) is 0 Å². The maximum absolute atomic E-state index is 12.1. The topological polar surface area (TPSA) is 84.5 Å². The lowest BCUT2D eigenvalue weighted by Gasteiger charge is -2.11. The third-order valence-electron chi connectivity index (χ3n) is 3.29. The molecule has 0 spiro atoms. The van der Waals surface area contributed by atoms with Crippen LogP contribution in [0.1, 0.15) is 19.3 Å². The minimum Gasteiger partial charge on any atom is -0.368 e. The van der Waals surface area contributed by atoms with Gasteiger partial charge in [0, 0.05) is 19.7 Å². The number of sulfonamides is 1. The van der Waals surface area contributed by atoms with Gasteiger partial charge < -0.3 is 10.1 Å². The Morgan fingerprint density at radius 2 is 2.09 bits per heavy atom. The first kappa shape index (κ1) is 17.2. The summed E-state index contributed by atoms with van der Waals surface area (Å²) in [6.45, 7) is 1.23. The van der Waals surface area contributed by atoms with Gasteiger partial charge in [-0.1, -0.05) is 23.7 Å². The quantitative estimate of drug-likeness (QED) is 0.729. The number of ether oxygens (including phenoxy) is 1. The summed E-state index contributed by atoms with van der Waals surface area (Å²) in [5, 5.41) is 2.92. The largest absolute Gasteiger partial charge is 0.368 e. The third-order valence-corrected chi connectivity index (χ3v) is 5.25. The number of nitrogens with one attached hydrogen (secondary N) is 2. The second-order valence-electron chi connectivity index (χ2n) is 4.97. The number of carbonyl (C=O) groups is 1. The van der Waals surface area contributed by atoms with E-state index in [1.54, 1.807) is 12.1 Å². The molecule has 1 aromatic rings. The van der Waals surface area contributed by atoms with Crippen molar-refractivity contribution in [2.75, 3.05) is 19.7 Å². The normalized spacial score (nSPS) is 18.3.